The fourth-order valence-corrected chi connectivity index (χ4v) is 5.05. The van der Waals surface area contributed by atoms with Crippen LogP contribution in [-0.4, -0.2) is 37.4 Å². The third-order valence-electron chi connectivity index (χ3n) is 4.59. The van der Waals surface area contributed by atoms with Crippen LogP contribution in [0.3, 0.4) is 0 Å². The molecule has 0 saturated carbocycles. The second-order valence-electron chi connectivity index (χ2n) is 6.78. The Hall–Kier alpha value is -2.34. The Morgan fingerprint density at radius 3 is 1.96 bits per heavy atom. The van der Waals surface area contributed by atoms with Crippen molar-refractivity contribution in [2.75, 3.05) is 18.1 Å². The Bertz CT molecular complexity index is 781. The topological polar surface area (TPSA) is 66.5 Å². The molecule has 0 bridgehead atoms. The van der Waals surface area contributed by atoms with Gasteiger partial charge in [-0.05, 0) is 23.5 Å². The lowest BCUT2D eigenvalue weighted by molar-refractivity contribution is 0.191. The standard InChI is InChI=1S/C20H24N2O3S/c23-20(21-13-19-11-12-26(24,25)16-19)22(14-17-7-3-1-4-8-17)15-18-9-5-2-6-10-18/h1-10,19H,11-16H2,(H,21,23). The average molecular weight is 372 g/mol. The number of carbonyl (C=O) groups excluding carboxylic acids is 1. The average Bonchev–Trinajstić information content (AvgIpc) is 3.00. The van der Waals surface area contributed by atoms with Gasteiger partial charge in [-0.1, -0.05) is 60.7 Å². The summed E-state index contributed by atoms with van der Waals surface area (Å²) in [6, 6.07) is 19.5. The first-order chi connectivity index (χ1) is 12.5. The minimum absolute atomic E-state index is 0.0132. The summed E-state index contributed by atoms with van der Waals surface area (Å²) in [4.78, 5) is 14.5. The number of carbonyl (C=O) groups is 1. The van der Waals surface area contributed by atoms with Gasteiger partial charge in [0.05, 0.1) is 11.5 Å². The zero-order valence-electron chi connectivity index (χ0n) is 14.7. The molecule has 1 aliphatic rings. The maximum atomic E-state index is 12.7. The summed E-state index contributed by atoms with van der Waals surface area (Å²) in [6.45, 7) is 1.41. The smallest absolute Gasteiger partial charge is 0.318 e. The molecular weight excluding hydrogens is 348 g/mol. The van der Waals surface area contributed by atoms with E-state index in [1.807, 2.05) is 60.7 Å². The Kier molecular flexibility index (Phi) is 5.93. The summed E-state index contributed by atoms with van der Waals surface area (Å²) in [5.74, 6) is 0.412. The second kappa shape index (κ2) is 8.36. The first-order valence-corrected chi connectivity index (χ1v) is 10.6. The van der Waals surface area contributed by atoms with Gasteiger partial charge in [0.15, 0.2) is 9.84 Å². The molecule has 1 atom stereocenters. The summed E-state index contributed by atoms with van der Waals surface area (Å²) >= 11 is 0. The molecule has 0 aliphatic carbocycles. The lowest BCUT2D eigenvalue weighted by Gasteiger charge is -2.24. The van der Waals surface area contributed by atoms with E-state index in [2.05, 4.69) is 5.32 Å². The first-order valence-electron chi connectivity index (χ1n) is 8.83. The van der Waals surface area contributed by atoms with Gasteiger partial charge in [-0.15, -0.1) is 0 Å². The number of urea groups is 1. The van der Waals surface area contributed by atoms with Crippen LogP contribution in [0, 0.1) is 5.92 Å². The molecule has 3 rings (SSSR count). The highest BCUT2D eigenvalue weighted by atomic mass is 32.2. The molecule has 1 fully saturated rings. The molecule has 138 valence electrons. The van der Waals surface area contributed by atoms with E-state index in [0.717, 1.165) is 11.1 Å². The van der Waals surface area contributed by atoms with Crippen LogP contribution in [0.15, 0.2) is 60.7 Å². The number of rotatable bonds is 6. The number of nitrogens with one attached hydrogen (secondary N) is 1. The SMILES string of the molecule is O=C(NCC1CCS(=O)(=O)C1)N(Cc1ccccc1)Cc1ccccc1. The van der Waals surface area contributed by atoms with Crippen LogP contribution < -0.4 is 5.32 Å². The minimum Gasteiger partial charge on any atom is -0.338 e. The monoisotopic (exact) mass is 372 g/mol. The Labute approximate surface area is 154 Å². The molecule has 1 aliphatic heterocycles. The van der Waals surface area contributed by atoms with E-state index in [9.17, 15) is 13.2 Å². The summed E-state index contributed by atoms with van der Waals surface area (Å²) in [5, 5.41) is 2.93. The largest absolute Gasteiger partial charge is 0.338 e. The van der Waals surface area contributed by atoms with Crippen LogP contribution in [0.1, 0.15) is 17.5 Å². The molecular formula is C20H24N2O3S. The van der Waals surface area contributed by atoms with E-state index in [1.54, 1.807) is 4.90 Å². The summed E-state index contributed by atoms with van der Waals surface area (Å²) in [7, 11) is -2.93. The normalized spacial score (nSPS) is 18.4. The van der Waals surface area contributed by atoms with Crippen molar-refractivity contribution in [1.29, 1.82) is 0 Å². The molecule has 1 unspecified atom stereocenters. The van der Waals surface area contributed by atoms with Gasteiger partial charge in [0.2, 0.25) is 0 Å². The quantitative estimate of drug-likeness (QED) is 0.848. The summed E-state index contributed by atoms with van der Waals surface area (Å²) < 4.78 is 23.2. The number of sulfone groups is 1. The second-order valence-corrected chi connectivity index (χ2v) is 9.01. The van der Waals surface area contributed by atoms with E-state index in [-0.39, 0.29) is 23.5 Å². The van der Waals surface area contributed by atoms with Gasteiger partial charge in [-0.3, -0.25) is 0 Å². The minimum atomic E-state index is -2.93. The van der Waals surface area contributed by atoms with Crippen molar-refractivity contribution in [2.45, 2.75) is 19.5 Å². The molecule has 6 heteroatoms. The molecule has 0 aromatic heterocycles. The third kappa shape index (κ3) is 5.33. The van der Waals surface area contributed by atoms with Crippen molar-refractivity contribution in [3.05, 3.63) is 71.8 Å². The molecule has 0 spiro atoms. The van der Waals surface area contributed by atoms with Crippen LogP contribution in [0.2, 0.25) is 0 Å². The number of hydrogen-bond acceptors (Lipinski definition) is 3. The van der Waals surface area contributed by atoms with Gasteiger partial charge in [0, 0.05) is 19.6 Å². The Morgan fingerprint density at radius 1 is 0.962 bits per heavy atom. The van der Waals surface area contributed by atoms with E-state index < -0.39 is 9.84 Å². The molecule has 5 nitrogen and oxygen atoms in total. The van der Waals surface area contributed by atoms with Crippen molar-refractivity contribution < 1.29 is 13.2 Å². The highest BCUT2D eigenvalue weighted by Gasteiger charge is 2.28. The van der Waals surface area contributed by atoms with Crippen molar-refractivity contribution in [2.24, 2.45) is 5.92 Å². The third-order valence-corrected chi connectivity index (χ3v) is 6.43. The van der Waals surface area contributed by atoms with Crippen molar-refractivity contribution in [1.82, 2.24) is 10.2 Å². The van der Waals surface area contributed by atoms with Gasteiger partial charge in [-0.25, -0.2) is 13.2 Å². The van der Waals surface area contributed by atoms with Crippen LogP contribution in [0.25, 0.3) is 0 Å². The Balaban J connectivity index is 1.64. The van der Waals surface area contributed by atoms with Gasteiger partial charge in [0.1, 0.15) is 0 Å². The van der Waals surface area contributed by atoms with E-state index in [0.29, 0.717) is 26.1 Å². The van der Waals surface area contributed by atoms with E-state index in [4.69, 9.17) is 0 Å². The molecule has 0 radical (unpaired) electrons. The van der Waals surface area contributed by atoms with Crippen molar-refractivity contribution >= 4 is 15.9 Å². The van der Waals surface area contributed by atoms with Gasteiger partial charge in [-0.2, -0.15) is 0 Å². The number of amides is 2. The fraction of sp³-hybridized carbons (Fsp3) is 0.350. The van der Waals surface area contributed by atoms with Gasteiger partial charge in [0.25, 0.3) is 0 Å². The van der Waals surface area contributed by atoms with Crippen LogP contribution in [0.5, 0.6) is 0 Å². The number of nitrogens with zero attached hydrogens (tertiary/aromatic N) is 1. The lowest BCUT2D eigenvalue weighted by Crippen LogP contribution is -2.41. The maximum Gasteiger partial charge on any atom is 0.318 e. The molecule has 2 amide bonds. The van der Waals surface area contributed by atoms with Crippen molar-refractivity contribution in [3.8, 4) is 0 Å². The predicted octanol–water partition coefficient (Wildman–Crippen LogP) is 2.83. The zero-order chi connectivity index (χ0) is 18.4. The van der Waals surface area contributed by atoms with Crippen LogP contribution in [-0.2, 0) is 22.9 Å². The molecule has 1 N–H and O–H groups in total. The predicted molar refractivity (Wildman–Crippen MR) is 102 cm³/mol. The highest BCUT2D eigenvalue weighted by Crippen LogP contribution is 2.18. The molecule has 2 aromatic carbocycles. The van der Waals surface area contributed by atoms with E-state index >= 15 is 0 Å². The number of benzene rings is 2. The molecule has 2 aromatic rings. The zero-order valence-corrected chi connectivity index (χ0v) is 15.5. The first kappa shape index (κ1) is 18.5. The fourth-order valence-electron chi connectivity index (χ4n) is 3.18. The molecule has 1 saturated heterocycles. The maximum absolute atomic E-state index is 12.7. The van der Waals surface area contributed by atoms with Crippen LogP contribution >= 0.6 is 0 Å². The Morgan fingerprint density at radius 2 is 1.50 bits per heavy atom. The lowest BCUT2D eigenvalue weighted by atomic mass is 10.1. The van der Waals surface area contributed by atoms with E-state index in [1.165, 1.54) is 0 Å². The highest BCUT2D eigenvalue weighted by molar-refractivity contribution is 7.91. The number of hydrogen-bond donors (Lipinski definition) is 1. The van der Waals surface area contributed by atoms with Crippen LogP contribution in [0.4, 0.5) is 4.79 Å². The summed E-state index contributed by atoms with van der Waals surface area (Å²) in [5.41, 5.74) is 2.11. The van der Waals surface area contributed by atoms with Crippen molar-refractivity contribution in [3.63, 3.8) is 0 Å². The van der Waals surface area contributed by atoms with Gasteiger partial charge >= 0.3 is 6.03 Å². The molecule has 1 heterocycles. The summed E-state index contributed by atoms with van der Waals surface area (Å²) in [6.07, 6.45) is 0.625. The van der Waals surface area contributed by atoms with Gasteiger partial charge < -0.3 is 10.2 Å². The molecule has 26 heavy (non-hydrogen) atoms.